The Hall–Kier alpha value is -3.96. The molecule has 9 heteroatoms. The van der Waals surface area contributed by atoms with Crippen LogP contribution in [0.25, 0.3) is 0 Å². The summed E-state index contributed by atoms with van der Waals surface area (Å²) >= 11 is 6.47. The van der Waals surface area contributed by atoms with Crippen LogP contribution in [0.1, 0.15) is 35.7 Å². The van der Waals surface area contributed by atoms with Crippen LogP contribution in [0.15, 0.2) is 65.3 Å². The van der Waals surface area contributed by atoms with Gasteiger partial charge in [0.15, 0.2) is 11.5 Å². The lowest BCUT2D eigenvalue weighted by Gasteiger charge is -2.27. The maximum Gasteiger partial charge on any atom is 0.343 e. The fraction of sp³-hybridized carbons (Fsp3) is 0.208. The summed E-state index contributed by atoms with van der Waals surface area (Å²) in [5.41, 5.74) is 6.78. The molecule has 1 atom stereocenters. The SMILES string of the molecule is CCOC(=O)C1=C(C)OC(N)=C(C#N)C1c1cc(Cl)c(OC(=O)c2ccccc2)c(OC)c1. The van der Waals surface area contributed by atoms with Crippen LogP contribution in [0.5, 0.6) is 11.5 Å². The first kappa shape index (κ1) is 23.7. The zero-order valence-corrected chi connectivity index (χ0v) is 18.9. The quantitative estimate of drug-likeness (QED) is 0.494. The third-order valence-corrected chi connectivity index (χ3v) is 5.17. The van der Waals surface area contributed by atoms with E-state index in [4.69, 9.17) is 36.3 Å². The van der Waals surface area contributed by atoms with Crippen molar-refractivity contribution in [3.8, 4) is 17.6 Å². The van der Waals surface area contributed by atoms with E-state index < -0.39 is 17.9 Å². The molecular weight excluding hydrogens is 448 g/mol. The van der Waals surface area contributed by atoms with E-state index in [0.29, 0.717) is 11.1 Å². The highest BCUT2D eigenvalue weighted by molar-refractivity contribution is 6.32. The summed E-state index contributed by atoms with van der Waals surface area (Å²) in [6, 6.07) is 13.4. The third-order valence-electron chi connectivity index (χ3n) is 4.89. The standard InChI is InChI=1S/C24H21ClN2O6/c1-4-31-24(29)19-13(2)32-22(27)16(12-26)20(19)15-10-17(25)21(18(11-15)30-3)33-23(28)14-8-6-5-7-9-14/h5-11,20H,4,27H2,1-3H3. The van der Waals surface area contributed by atoms with E-state index in [2.05, 4.69) is 0 Å². The number of hydrogen-bond acceptors (Lipinski definition) is 8. The van der Waals surface area contributed by atoms with Gasteiger partial charge in [0.1, 0.15) is 17.4 Å². The second kappa shape index (κ2) is 10.1. The van der Waals surface area contributed by atoms with Gasteiger partial charge in [-0.25, -0.2) is 9.59 Å². The lowest BCUT2D eigenvalue weighted by molar-refractivity contribution is -0.139. The number of esters is 2. The molecule has 0 saturated heterocycles. The van der Waals surface area contributed by atoms with Crippen molar-refractivity contribution in [1.29, 1.82) is 5.26 Å². The van der Waals surface area contributed by atoms with Crippen LogP contribution in [0.3, 0.4) is 0 Å². The minimum atomic E-state index is -0.923. The molecule has 2 aromatic rings. The van der Waals surface area contributed by atoms with Crippen LogP contribution in [0.4, 0.5) is 0 Å². The number of carbonyl (C=O) groups is 2. The smallest absolute Gasteiger partial charge is 0.343 e. The number of nitrogens with zero attached hydrogens (tertiary/aromatic N) is 1. The largest absolute Gasteiger partial charge is 0.493 e. The van der Waals surface area contributed by atoms with E-state index in [-0.39, 0.29) is 45.9 Å². The molecule has 33 heavy (non-hydrogen) atoms. The molecule has 1 aliphatic heterocycles. The van der Waals surface area contributed by atoms with Crippen molar-refractivity contribution < 1.29 is 28.5 Å². The Morgan fingerprint density at radius 3 is 2.52 bits per heavy atom. The number of allylic oxidation sites excluding steroid dienone is 2. The number of nitrogens with two attached hydrogens (primary N) is 1. The molecule has 8 nitrogen and oxygen atoms in total. The number of benzene rings is 2. The normalized spacial score (nSPS) is 15.4. The van der Waals surface area contributed by atoms with Crippen LogP contribution in [0.2, 0.25) is 5.02 Å². The predicted molar refractivity (Wildman–Crippen MR) is 119 cm³/mol. The van der Waals surface area contributed by atoms with Crippen LogP contribution >= 0.6 is 11.6 Å². The van der Waals surface area contributed by atoms with Crippen molar-refractivity contribution in [1.82, 2.24) is 0 Å². The van der Waals surface area contributed by atoms with Gasteiger partial charge in [-0.1, -0.05) is 29.8 Å². The molecule has 0 radical (unpaired) electrons. The van der Waals surface area contributed by atoms with Gasteiger partial charge in [0.2, 0.25) is 5.88 Å². The number of halogens is 1. The summed E-state index contributed by atoms with van der Waals surface area (Å²) in [5, 5.41) is 9.77. The first-order valence-electron chi connectivity index (χ1n) is 9.92. The molecule has 2 N–H and O–H groups in total. The molecule has 1 heterocycles. The zero-order chi connectivity index (χ0) is 24.1. The summed E-state index contributed by atoms with van der Waals surface area (Å²) in [6.07, 6.45) is 0. The van der Waals surface area contributed by atoms with Gasteiger partial charge in [0.05, 0.1) is 35.8 Å². The summed E-state index contributed by atoms with van der Waals surface area (Å²) in [4.78, 5) is 25.2. The molecule has 0 bridgehead atoms. The molecule has 0 fully saturated rings. The Morgan fingerprint density at radius 2 is 1.91 bits per heavy atom. The Bertz CT molecular complexity index is 1200. The molecule has 0 spiro atoms. The fourth-order valence-corrected chi connectivity index (χ4v) is 3.68. The molecule has 0 aromatic heterocycles. The molecular formula is C24H21ClN2O6. The van der Waals surface area contributed by atoms with Gasteiger partial charge in [-0.3, -0.25) is 0 Å². The van der Waals surface area contributed by atoms with Gasteiger partial charge in [-0.05, 0) is 43.7 Å². The Labute approximate surface area is 195 Å². The van der Waals surface area contributed by atoms with Crippen molar-refractivity contribution in [2.75, 3.05) is 13.7 Å². The van der Waals surface area contributed by atoms with E-state index in [1.807, 2.05) is 6.07 Å². The monoisotopic (exact) mass is 468 g/mol. The molecule has 1 aliphatic rings. The van der Waals surface area contributed by atoms with Gasteiger partial charge < -0.3 is 24.7 Å². The molecule has 0 saturated carbocycles. The number of nitriles is 1. The van der Waals surface area contributed by atoms with Gasteiger partial charge in [-0.2, -0.15) is 5.26 Å². The maximum atomic E-state index is 12.7. The van der Waals surface area contributed by atoms with Crippen LogP contribution in [-0.4, -0.2) is 25.7 Å². The van der Waals surface area contributed by atoms with Crippen molar-refractivity contribution in [3.05, 3.63) is 81.4 Å². The van der Waals surface area contributed by atoms with Gasteiger partial charge in [-0.15, -0.1) is 0 Å². The first-order valence-corrected chi connectivity index (χ1v) is 10.3. The third kappa shape index (κ3) is 4.78. The fourth-order valence-electron chi connectivity index (χ4n) is 3.42. The number of ether oxygens (including phenoxy) is 4. The lowest BCUT2D eigenvalue weighted by atomic mass is 9.83. The Morgan fingerprint density at radius 1 is 1.21 bits per heavy atom. The van der Waals surface area contributed by atoms with Crippen molar-refractivity contribution in [2.24, 2.45) is 5.73 Å². The van der Waals surface area contributed by atoms with E-state index >= 15 is 0 Å². The van der Waals surface area contributed by atoms with Crippen molar-refractivity contribution in [2.45, 2.75) is 19.8 Å². The number of hydrogen-bond donors (Lipinski definition) is 1. The van der Waals surface area contributed by atoms with Crippen molar-refractivity contribution >= 4 is 23.5 Å². The first-order chi connectivity index (χ1) is 15.8. The molecule has 170 valence electrons. The summed E-state index contributed by atoms with van der Waals surface area (Å²) in [5.74, 6) is -2.02. The van der Waals surface area contributed by atoms with E-state index in [1.165, 1.54) is 19.2 Å². The van der Waals surface area contributed by atoms with Crippen LogP contribution in [-0.2, 0) is 14.3 Å². The second-order valence-corrected chi connectivity index (χ2v) is 7.31. The average molecular weight is 469 g/mol. The lowest BCUT2D eigenvalue weighted by Crippen LogP contribution is -2.25. The maximum absolute atomic E-state index is 12.7. The Kier molecular flexibility index (Phi) is 7.26. The highest BCUT2D eigenvalue weighted by Gasteiger charge is 2.37. The molecule has 3 rings (SSSR count). The number of carbonyl (C=O) groups excluding carboxylic acids is 2. The molecule has 0 aliphatic carbocycles. The minimum absolute atomic E-state index is 0.00215. The van der Waals surface area contributed by atoms with Gasteiger partial charge in [0.25, 0.3) is 0 Å². The number of methoxy groups -OCH3 is 1. The van der Waals surface area contributed by atoms with Crippen molar-refractivity contribution in [3.63, 3.8) is 0 Å². The molecule has 1 unspecified atom stereocenters. The highest BCUT2D eigenvalue weighted by atomic mass is 35.5. The van der Waals surface area contributed by atoms with E-state index in [0.717, 1.165) is 0 Å². The molecule has 0 amide bonds. The van der Waals surface area contributed by atoms with Gasteiger partial charge in [0, 0.05) is 0 Å². The zero-order valence-electron chi connectivity index (χ0n) is 18.2. The second-order valence-electron chi connectivity index (χ2n) is 6.90. The van der Waals surface area contributed by atoms with Crippen LogP contribution in [0, 0.1) is 11.3 Å². The Balaban J connectivity index is 2.10. The average Bonchev–Trinajstić information content (AvgIpc) is 2.80. The summed E-state index contributed by atoms with van der Waals surface area (Å²) in [6.45, 7) is 3.34. The van der Waals surface area contributed by atoms with Crippen LogP contribution < -0.4 is 15.2 Å². The van der Waals surface area contributed by atoms with Gasteiger partial charge >= 0.3 is 11.9 Å². The van der Waals surface area contributed by atoms with E-state index in [9.17, 15) is 14.9 Å². The highest BCUT2D eigenvalue weighted by Crippen LogP contribution is 2.45. The van der Waals surface area contributed by atoms with E-state index in [1.54, 1.807) is 44.2 Å². The summed E-state index contributed by atoms with van der Waals surface area (Å²) < 4.78 is 21.5. The number of rotatable bonds is 6. The minimum Gasteiger partial charge on any atom is -0.493 e. The topological polar surface area (TPSA) is 121 Å². The summed E-state index contributed by atoms with van der Waals surface area (Å²) in [7, 11) is 1.38. The predicted octanol–water partition coefficient (Wildman–Crippen LogP) is 4.21. The molecule has 2 aromatic carbocycles.